The van der Waals surface area contributed by atoms with Crippen molar-refractivity contribution in [2.24, 2.45) is 0 Å². The summed E-state index contributed by atoms with van der Waals surface area (Å²) >= 11 is 0. The van der Waals surface area contributed by atoms with E-state index >= 15 is 0 Å². The van der Waals surface area contributed by atoms with E-state index in [1.54, 1.807) is 24.3 Å². The van der Waals surface area contributed by atoms with E-state index in [1.165, 1.54) is 4.57 Å². The maximum atomic E-state index is 12.9. The first-order valence-corrected chi connectivity index (χ1v) is 8.42. The van der Waals surface area contributed by atoms with Gasteiger partial charge < -0.3 is 10.4 Å². The predicted molar refractivity (Wildman–Crippen MR) is 101 cm³/mol. The Kier molecular flexibility index (Phi) is 4.10. The molecule has 6 nitrogen and oxygen atoms in total. The average Bonchev–Trinajstić information content (AvgIpc) is 2.97. The first-order chi connectivity index (χ1) is 12.7. The van der Waals surface area contributed by atoms with Crippen molar-refractivity contribution in [3.05, 3.63) is 70.3 Å². The van der Waals surface area contributed by atoms with Gasteiger partial charge in [-0.1, -0.05) is 30.3 Å². The highest BCUT2D eigenvalue weighted by Crippen LogP contribution is 2.32. The number of nitrogens with zero attached hydrogens (tertiary/aromatic N) is 2. The minimum Gasteiger partial charge on any atom is -0.396 e. The van der Waals surface area contributed by atoms with Crippen molar-refractivity contribution in [1.29, 1.82) is 0 Å². The molecular weight excluding hydrogens is 330 g/mol. The molecule has 6 heteroatoms. The third-order valence-corrected chi connectivity index (χ3v) is 4.41. The van der Waals surface area contributed by atoms with Gasteiger partial charge in [0.15, 0.2) is 0 Å². The molecule has 0 bridgehead atoms. The highest BCUT2D eigenvalue weighted by atomic mass is 16.3. The average molecular weight is 347 g/mol. The Balaban J connectivity index is 1.93. The largest absolute Gasteiger partial charge is 0.396 e. The van der Waals surface area contributed by atoms with Crippen molar-refractivity contribution >= 4 is 34.1 Å². The van der Waals surface area contributed by atoms with E-state index in [0.29, 0.717) is 35.3 Å². The number of para-hydroxylation sites is 2. The first-order valence-electron chi connectivity index (χ1n) is 8.42. The number of anilines is 1. The van der Waals surface area contributed by atoms with Crippen molar-refractivity contribution in [1.82, 2.24) is 9.55 Å². The summed E-state index contributed by atoms with van der Waals surface area (Å²) in [6.07, 6.45) is 2.07. The molecule has 0 spiro atoms. The topological polar surface area (TPSA) is 84.2 Å². The molecule has 2 heterocycles. The van der Waals surface area contributed by atoms with E-state index in [4.69, 9.17) is 5.11 Å². The maximum absolute atomic E-state index is 12.9. The van der Waals surface area contributed by atoms with Gasteiger partial charge in [0.2, 0.25) is 0 Å². The van der Waals surface area contributed by atoms with E-state index in [0.717, 1.165) is 11.3 Å². The van der Waals surface area contributed by atoms with E-state index < -0.39 is 0 Å². The second-order valence-corrected chi connectivity index (χ2v) is 6.08. The molecule has 0 aliphatic carbocycles. The van der Waals surface area contributed by atoms with Gasteiger partial charge in [0, 0.05) is 24.4 Å². The zero-order valence-electron chi connectivity index (χ0n) is 14.0. The van der Waals surface area contributed by atoms with Crippen molar-refractivity contribution in [3.63, 3.8) is 0 Å². The van der Waals surface area contributed by atoms with E-state index in [-0.39, 0.29) is 18.1 Å². The van der Waals surface area contributed by atoms with Crippen LogP contribution in [0.2, 0.25) is 0 Å². The van der Waals surface area contributed by atoms with Gasteiger partial charge in [0.25, 0.3) is 11.5 Å². The molecule has 1 aromatic heterocycles. The lowest BCUT2D eigenvalue weighted by Gasteiger charge is -2.11. The Hall–Kier alpha value is -3.25. The summed E-state index contributed by atoms with van der Waals surface area (Å²) in [6.45, 7) is 0.300. The number of nitrogens with one attached hydrogen (secondary N) is 1. The van der Waals surface area contributed by atoms with Crippen LogP contribution in [-0.2, 0) is 11.3 Å². The summed E-state index contributed by atoms with van der Waals surface area (Å²) in [5.74, 6) is 0.186. The Labute approximate surface area is 149 Å². The number of rotatable bonds is 4. The number of carbonyl (C=O) groups excluding carboxylic acids is 1. The Morgan fingerprint density at radius 2 is 1.85 bits per heavy atom. The minimum atomic E-state index is -0.220. The standard InChI is InChI=1S/C20H17N3O3/c24-11-5-10-23-18(21-17-9-4-2-7-14(17)20(23)26)12-15-13-6-1-3-8-16(13)22-19(15)25/h1-4,6-9,12,24H,5,10-11H2,(H,22,25)/b15-12+. The molecule has 130 valence electrons. The Morgan fingerprint density at radius 1 is 1.08 bits per heavy atom. The number of aliphatic hydroxyl groups is 1. The molecule has 26 heavy (non-hydrogen) atoms. The molecule has 0 saturated heterocycles. The van der Waals surface area contributed by atoms with Crippen molar-refractivity contribution < 1.29 is 9.90 Å². The zero-order valence-corrected chi connectivity index (χ0v) is 14.0. The van der Waals surface area contributed by atoms with Crippen LogP contribution in [0, 0.1) is 0 Å². The number of carbonyl (C=O) groups is 1. The molecule has 0 saturated carbocycles. The second kappa shape index (κ2) is 6.57. The molecule has 1 aliphatic heterocycles. The zero-order chi connectivity index (χ0) is 18.1. The smallest absolute Gasteiger partial charge is 0.261 e. The third kappa shape index (κ3) is 2.70. The molecule has 0 radical (unpaired) electrons. The number of fused-ring (bicyclic) bond motifs is 2. The molecular formula is C20H17N3O3. The van der Waals surface area contributed by atoms with Gasteiger partial charge in [-0.2, -0.15) is 0 Å². The van der Waals surface area contributed by atoms with Gasteiger partial charge >= 0.3 is 0 Å². The van der Waals surface area contributed by atoms with Crippen LogP contribution >= 0.6 is 0 Å². The summed E-state index contributed by atoms with van der Waals surface area (Å²) < 4.78 is 1.51. The fourth-order valence-electron chi connectivity index (χ4n) is 3.15. The van der Waals surface area contributed by atoms with E-state index in [1.807, 2.05) is 30.3 Å². The monoisotopic (exact) mass is 347 g/mol. The number of hydrogen-bond donors (Lipinski definition) is 2. The highest BCUT2D eigenvalue weighted by molar-refractivity contribution is 6.34. The normalized spacial score (nSPS) is 14.7. The van der Waals surface area contributed by atoms with Gasteiger partial charge in [-0.15, -0.1) is 0 Å². The summed E-state index contributed by atoms with van der Waals surface area (Å²) in [6, 6.07) is 14.5. The van der Waals surface area contributed by atoms with Gasteiger partial charge in [-0.3, -0.25) is 14.2 Å². The van der Waals surface area contributed by atoms with E-state index in [2.05, 4.69) is 10.3 Å². The molecule has 2 N–H and O–H groups in total. The highest BCUT2D eigenvalue weighted by Gasteiger charge is 2.24. The molecule has 3 aromatic rings. The van der Waals surface area contributed by atoms with Crippen LogP contribution in [0.4, 0.5) is 5.69 Å². The molecule has 0 fully saturated rings. The van der Waals surface area contributed by atoms with Crippen molar-refractivity contribution in [2.75, 3.05) is 11.9 Å². The predicted octanol–water partition coefficient (Wildman–Crippen LogP) is 2.27. The number of aliphatic hydroxyl groups excluding tert-OH is 1. The lowest BCUT2D eigenvalue weighted by atomic mass is 10.1. The van der Waals surface area contributed by atoms with E-state index in [9.17, 15) is 9.59 Å². The van der Waals surface area contributed by atoms with Crippen molar-refractivity contribution in [2.45, 2.75) is 13.0 Å². The van der Waals surface area contributed by atoms with Crippen LogP contribution in [0.1, 0.15) is 17.8 Å². The van der Waals surface area contributed by atoms with Crippen LogP contribution in [0.3, 0.4) is 0 Å². The molecule has 4 rings (SSSR count). The maximum Gasteiger partial charge on any atom is 0.261 e. The number of amides is 1. The Morgan fingerprint density at radius 3 is 2.69 bits per heavy atom. The van der Waals surface area contributed by atoms with Crippen LogP contribution in [-0.4, -0.2) is 27.2 Å². The van der Waals surface area contributed by atoms with Crippen LogP contribution in [0.15, 0.2) is 53.3 Å². The van der Waals surface area contributed by atoms with Gasteiger partial charge in [-0.05, 0) is 30.7 Å². The third-order valence-electron chi connectivity index (χ3n) is 4.41. The fourth-order valence-corrected chi connectivity index (χ4v) is 3.15. The summed E-state index contributed by atoms with van der Waals surface area (Å²) in [5, 5.41) is 12.5. The van der Waals surface area contributed by atoms with Gasteiger partial charge in [0.05, 0.1) is 16.5 Å². The van der Waals surface area contributed by atoms with Crippen molar-refractivity contribution in [3.8, 4) is 0 Å². The van der Waals surface area contributed by atoms with Crippen LogP contribution in [0.25, 0.3) is 22.6 Å². The van der Waals surface area contributed by atoms with Gasteiger partial charge in [-0.25, -0.2) is 4.98 Å². The summed E-state index contributed by atoms with van der Waals surface area (Å²) in [7, 11) is 0. The second-order valence-electron chi connectivity index (χ2n) is 6.08. The molecule has 0 unspecified atom stereocenters. The SMILES string of the molecule is O=C1Nc2ccccc2/C1=C\c1nc2ccccc2c(=O)n1CCCO. The van der Waals surface area contributed by atoms with Gasteiger partial charge in [0.1, 0.15) is 5.82 Å². The molecule has 1 aliphatic rings. The molecule has 0 atom stereocenters. The number of aromatic nitrogens is 2. The fraction of sp³-hybridized carbons (Fsp3) is 0.150. The number of benzene rings is 2. The molecule has 1 amide bonds. The Bertz CT molecular complexity index is 1100. The molecule has 2 aromatic carbocycles. The lowest BCUT2D eigenvalue weighted by molar-refractivity contribution is -0.110. The lowest BCUT2D eigenvalue weighted by Crippen LogP contribution is -2.24. The summed E-state index contributed by atoms with van der Waals surface area (Å²) in [4.78, 5) is 29.8. The number of hydrogen-bond acceptors (Lipinski definition) is 4. The van der Waals surface area contributed by atoms with Crippen LogP contribution < -0.4 is 10.9 Å². The van der Waals surface area contributed by atoms with Crippen LogP contribution in [0.5, 0.6) is 0 Å². The summed E-state index contributed by atoms with van der Waals surface area (Å²) in [5.41, 5.74) is 2.40. The first kappa shape index (κ1) is 16.2. The quantitative estimate of drug-likeness (QED) is 0.709. The minimum absolute atomic E-state index is 0.0292.